The van der Waals surface area contributed by atoms with Gasteiger partial charge in [0.1, 0.15) is 18.0 Å². The third-order valence-electron chi connectivity index (χ3n) is 2.30. The highest BCUT2D eigenvalue weighted by Gasteiger charge is 2.14. The van der Waals surface area contributed by atoms with Crippen molar-refractivity contribution in [1.29, 1.82) is 0 Å². The van der Waals surface area contributed by atoms with Crippen molar-refractivity contribution in [3.05, 3.63) is 65.5 Å². The zero-order chi connectivity index (χ0) is 13.0. The van der Waals surface area contributed by atoms with Crippen LogP contribution in [0.15, 0.2) is 42.6 Å². The van der Waals surface area contributed by atoms with E-state index in [0.717, 1.165) is 0 Å². The van der Waals surface area contributed by atoms with Crippen LogP contribution in [0.1, 0.15) is 15.9 Å². The Kier molecular flexibility index (Phi) is 3.62. The SMILES string of the molecule is O=C(OCc1ccccc1F)c1cccnc1F. The molecule has 2 rings (SSSR count). The summed E-state index contributed by atoms with van der Waals surface area (Å²) in [6.45, 7) is -0.250. The molecular weight excluding hydrogens is 240 g/mol. The summed E-state index contributed by atoms with van der Waals surface area (Å²) in [7, 11) is 0. The molecule has 5 heteroatoms. The van der Waals surface area contributed by atoms with Crippen LogP contribution in [0.25, 0.3) is 0 Å². The number of halogens is 2. The average molecular weight is 249 g/mol. The molecule has 0 spiro atoms. The lowest BCUT2D eigenvalue weighted by Crippen LogP contribution is -2.09. The van der Waals surface area contributed by atoms with Gasteiger partial charge in [0.25, 0.3) is 0 Å². The predicted octanol–water partition coefficient (Wildman–Crippen LogP) is 2.72. The summed E-state index contributed by atoms with van der Waals surface area (Å²) in [5.74, 6) is -2.25. The van der Waals surface area contributed by atoms with Crippen LogP contribution in [0.4, 0.5) is 8.78 Å². The fraction of sp³-hybridized carbons (Fsp3) is 0.0769. The number of pyridine rings is 1. The molecule has 18 heavy (non-hydrogen) atoms. The van der Waals surface area contributed by atoms with Crippen molar-refractivity contribution in [2.45, 2.75) is 6.61 Å². The molecule has 0 atom stereocenters. The van der Waals surface area contributed by atoms with Gasteiger partial charge in [-0.15, -0.1) is 0 Å². The van der Waals surface area contributed by atoms with Gasteiger partial charge in [-0.25, -0.2) is 14.2 Å². The Hall–Kier alpha value is -2.30. The molecule has 2 aromatic rings. The van der Waals surface area contributed by atoms with Crippen molar-refractivity contribution in [3.63, 3.8) is 0 Å². The summed E-state index contributed by atoms with van der Waals surface area (Å²) < 4.78 is 31.2. The number of hydrogen-bond acceptors (Lipinski definition) is 3. The van der Waals surface area contributed by atoms with E-state index in [-0.39, 0.29) is 17.7 Å². The maximum Gasteiger partial charge on any atom is 0.343 e. The summed E-state index contributed by atoms with van der Waals surface area (Å²) in [5.41, 5.74) is -0.0380. The zero-order valence-corrected chi connectivity index (χ0v) is 9.27. The van der Waals surface area contributed by atoms with Gasteiger partial charge in [-0.05, 0) is 18.2 Å². The molecule has 3 nitrogen and oxygen atoms in total. The molecule has 0 amide bonds. The quantitative estimate of drug-likeness (QED) is 0.620. The molecule has 1 aromatic heterocycles. The van der Waals surface area contributed by atoms with Crippen molar-refractivity contribution in [2.75, 3.05) is 0 Å². The number of carbonyl (C=O) groups excluding carboxylic acids is 1. The van der Waals surface area contributed by atoms with E-state index in [2.05, 4.69) is 4.98 Å². The second-order valence-electron chi connectivity index (χ2n) is 3.51. The van der Waals surface area contributed by atoms with Gasteiger partial charge in [0, 0.05) is 11.8 Å². The maximum absolute atomic E-state index is 13.2. The third kappa shape index (κ3) is 2.68. The summed E-state index contributed by atoms with van der Waals surface area (Å²) in [6, 6.07) is 8.57. The van der Waals surface area contributed by atoms with E-state index in [0.29, 0.717) is 0 Å². The van der Waals surface area contributed by atoms with E-state index < -0.39 is 17.7 Å². The van der Waals surface area contributed by atoms with Crippen LogP contribution in [-0.4, -0.2) is 11.0 Å². The Balaban J connectivity index is 2.06. The Morgan fingerprint density at radius 2 is 1.94 bits per heavy atom. The van der Waals surface area contributed by atoms with Crippen LogP contribution in [0.3, 0.4) is 0 Å². The molecule has 0 unspecified atom stereocenters. The molecule has 92 valence electrons. The fourth-order valence-corrected chi connectivity index (χ4v) is 1.37. The van der Waals surface area contributed by atoms with Gasteiger partial charge in [0.05, 0.1) is 0 Å². The zero-order valence-electron chi connectivity index (χ0n) is 9.27. The molecule has 0 N–H and O–H groups in total. The number of hydrogen-bond donors (Lipinski definition) is 0. The molecule has 0 fully saturated rings. The van der Waals surface area contributed by atoms with E-state index >= 15 is 0 Å². The number of nitrogens with zero attached hydrogens (tertiary/aromatic N) is 1. The highest BCUT2D eigenvalue weighted by atomic mass is 19.1. The van der Waals surface area contributed by atoms with Crippen LogP contribution >= 0.6 is 0 Å². The van der Waals surface area contributed by atoms with Gasteiger partial charge in [-0.3, -0.25) is 0 Å². The molecule has 1 heterocycles. The number of benzene rings is 1. The molecule has 0 bridgehead atoms. The van der Waals surface area contributed by atoms with Crippen LogP contribution < -0.4 is 0 Å². The predicted molar refractivity (Wildman–Crippen MR) is 59.7 cm³/mol. The smallest absolute Gasteiger partial charge is 0.343 e. The van der Waals surface area contributed by atoms with Gasteiger partial charge in [0.2, 0.25) is 5.95 Å². The number of esters is 1. The monoisotopic (exact) mass is 249 g/mol. The number of rotatable bonds is 3. The molecular formula is C13H9F2NO2. The Labute approximate surface area is 102 Å². The largest absolute Gasteiger partial charge is 0.457 e. The van der Waals surface area contributed by atoms with Gasteiger partial charge in [-0.2, -0.15) is 4.39 Å². The molecule has 0 aliphatic rings. The second-order valence-corrected chi connectivity index (χ2v) is 3.51. The van der Waals surface area contributed by atoms with E-state index in [4.69, 9.17) is 4.74 Å². The number of carbonyl (C=O) groups is 1. The molecule has 0 radical (unpaired) electrons. The van der Waals surface area contributed by atoms with E-state index in [1.807, 2.05) is 0 Å². The fourth-order valence-electron chi connectivity index (χ4n) is 1.37. The minimum Gasteiger partial charge on any atom is -0.457 e. The Morgan fingerprint density at radius 3 is 2.67 bits per heavy atom. The van der Waals surface area contributed by atoms with Crippen molar-refractivity contribution in [2.24, 2.45) is 0 Å². The third-order valence-corrected chi connectivity index (χ3v) is 2.30. The van der Waals surface area contributed by atoms with Gasteiger partial charge in [-0.1, -0.05) is 18.2 Å². The van der Waals surface area contributed by atoms with Crippen molar-refractivity contribution >= 4 is 5.97 Å². The standard InChI is InChI=1S/C13H9F2NO2/c14-11-6-2-1-4-9(11)8-18-13(17)10-5-3-7-16-12(10)15/h1-7H,8H2. The van der Waals surface area contributed by atoms with Gasteiger partial charge >= 0.3 is 5.97 Å². The first kappa shape index (κ1) is 12.2. The number of ether oxygens (including phenoxy) is 1. The minimum absolute atomic E-state index is 0.232. The summed E-state index contributed by atoms with van der Waals surface area (Å²) in [4.78, 5) is 14.9. The summed E-state index contributed by atoms with van der Waals surface area (Å²) in [6.07, 6.45) is 1.23. The molecule has 0 aliphatic carbocycles. The first-order valence-corrected chi connectivity index (χ1v) is 5.19. The molecule has 0 saturated carbocycles. The average Bonchev–Trinajstić information content (AvgIpc) is 2.38. The highest BCUT2D eigenvalue weighted by molar-refractivity contribution is 5.89. The van der Waals surface area contributed by atoms with Gasteiger partial charge < -0.3 is 4.74 Å². The topological polar surface area (TPSA) is 39.2 Å². The second kappa shape index (κ2) is 5.35. The minimum atomic E-state index is -0.906. The molecule has 1 aromatic carbocycles. The highest BCUT2D eigenvalue weighted by Crippen LogP contribution is 2.10. The van der Waals surface area contributed by atoms with E-state index in [1.54, 1.807) is 6.07 Å². The maximum atomic E-state index is 13.2. The molecule has 0 saturated heterocycles. The van der Waals surface area contributed by atoms with Crippen LogP contribution in [0, 0.1) is 11.8 Å². The van der Waals surface area contributed by atoms with Crippen LogP contribution in [0.5, 0.6) is 0 Å². The molecule has 0 aliphatic heterocycles. The first-order valence-electron chi connectivity index (χ1n) is 5.19. The van der Waals surface area contributed by atoms with Crippen molar-refractivity contribution in [3.8, 4) is 0 Å². The lowest BCUT2D eigenvalue weighted by atomic mass is 10.2. The van der Waals surface area contributed by atoms with Crippen molar-refractivity contribution < 1.29 is 18.3 Å². The van der Waals surface area contributed by atoms with Crippen LogP contribution in [-0.2, 0) is 11.3 Å². The van der Waals surface area contributed by atoms with E-state index in [9.17, 15) is 13.6 Å². The first-order chi connectivity index (χ1) is 8.68. The van der Waals surface area contributed by atoms with Crippen LogP contribution in [0.2, 0.25) is 0 Å². The summed E-state index contributed by atoms with van der Waals surface area (Å²) >= 11 is 0. The number of aromatic nitrogens is 1. The Bertz CT molecular complexity index is 572. The van der Waals surface area contributed by atoms with E-state index in [1.165, 1.54) is 36.5 Å². The van der Waals surface area contributed by atoms with Crippen molar-refractivity contribution in [1.82, 2.24) is 4.98 Å². The lowest BCUT2D eigenvalue weighted by molar-refractivity contribution is 0.0462. The Morgan fingerprint density at radius 1 is 1.17 bits per heavy atom. The summed E-state index contributed by atoms with van der Waals surface area (Å²) in [5, 5.41) is 0. The lowest BCUT2D eigenvalue weighted by Gasteiger charge is -2.05. The normalized spacial score (nSPS) is 10.1. The van der Waals surface area contributed by atoms with Gasteiger partial charge in [0.15, 0.2) is 0 Å².